The Morgan fingerprint density at radius 2 is 1.97 bits per heavy atom. The number of fused-ring (bicyclic) bond motifs is 1. The number of halogens is 1. The number of sulfone groups is 1. The van der Waals surface area contributed by atoms with Crippen LogP contribution in [0.2, 0.25) is 5.02 Å². The lowest BCUT2D eigenvalue weighted by Crippen LogP contribution is -2.40. The van der Waals surface area contributed by atoms with E-state index in [1.165, 1.54) is 6.20 Å². The van der Waals surface area contributed by atoms with Crippen LogP contribution in [0.1, 0.15) is 25.3 Å². The highest BCUT2D eigenvalue weighted by molar-refractivity contribution is 7.91. The number of pyridine rings is 1. The van der Waals surface area contributed by atoms with E-state index in [1.807, 2.05) is 11.8 Å². The second-order valence-electron chi connectivity index (χ2n) is 7.99. The van der Waals surface area contributed by atoms with Crippen molar-refractivity contribution in [1.82, 2.24) is 4.98 Å². The van der Waals surface area contributed by atoms with Crippen LogP contribution in [0, 0.1) is 12.8 Å². The molecular weight excluding hydrogens is 448 g/mol. The van der Waals surface area contributed by atoms with Crippen molar-refractivity contribution in [3.05, 3.63) is 59.2 Å². The van der Waals surface area contributed by atoms with Crippen LogP contribution in [-0.4, -0.2) is 39.1 Å². The molecule has 1 fully saturated rings. The summed E-state index contributed by atoms with van der Waals surface area (Å²) in [6.07, 6.45) is 2.87. The Morgan fingerprint density at radius 3 is 2.69 bits per heavy atom. The van der Waals surface area contributed by atoms with E-state index in [0.717, 1.165) is 12.0 Å². The van der Waals surface area contributed by atoms with Gasteiger partial charge in [0.1, 0.15) is 4.90 Å². The van der Waals surface area contributed by atoms with Crippen LogP contribution in [0.15, 0.2) is 58.5 Å². The number of anilines is 1. The first-order valence-corrected chi connectivity index (χ1v) is 12.5. The first kappa shape index (κ1) is 22.6. The molecular formula is C24H25ClN2O4S. The molecule has 8 heteroatoms. The van der Waals surface area contributed by atoms with Gasteiger partial charge in [-0.05, 0) is 57.0 Å². The topological polar surface area (TPSA) is 76.6 Å². The maximum absolute atomic E-state index is 13.7. The molecule has 1 aliphatic rings. The fraction of sp³-hybridized carbons (Fsp3) is 0.333. The molecule has 1 aliphatic heterocycles. The van der Waals surface area contributed by atoms with Gasteiger partial charge in [-0.3, -0.25) is 9.78 Å². The number of hydrogen-bond donors (Lipinski definition) is 0. The van der Waals surface area contributed by atoms with Gasteiger partial charge in [0.05, 0.1) is 28.6 Å². The lowest BCUT2D eigenvalue weighted by atomic mass is 9.97. The quantitative estimate of drug-likeness (QED) is 0.496. The predicted octanol–water partition coefficient (Wildman–Crippen LogP) is 4.81. The fourth-order valence-electron chi connectivity index (χ4n) is 4.13. The zero-order valence-electron chi connectivity index (χ0n) is 18.0. The third-order valence-corrected chi connectivity index (χ3v) is 7.75. The molecule has 4 rings (SSSR count). The summed E-state index contributed by atoms with van der Waals surface area (Å²) < 4.78 is 32.6. The van der Waals surface area contributed by atoms with Gasteiger partial charge in [-0.15, -0.1) is 0 Å². The summed E-state index contributed by atoms with van der Waals surface area (Å²) in [6.45, 7) is 5.00. The van der Waals surface area contributed by atoms with Crippen LogP contribution < -0.4 is 4.90 Å². The summed E-state index contributed by atoms with van der Waals surface area (Å²) in [7, 11) is -3.85. The van der Waals surface area contributed by atoms with Gasteiger partial charge in [0.25, 0.3) is 0 Å². The molecule has 0 unspecified atom stereocenters. The number of aryl methyl sites for hydroxylation is 1. The maximum Gasteiger partial charge on any atom is 0.310 e. The van der Waals surface area contributed by atoms with Crippen LogP contribution in [-0.2, 0) is 19.4 Å². The zero-order valence-corrected chi connectivity index (χ0v) is 19.6. The fourth-order valence-corrected chi connectivity index (χ4v) is 5.74. The number of hydrogen-bond acceptors (Lipinski definition) is 6. The Bertz CT molecular complexity index is 1260. The van der Waals surface area contributed by atoms with Crippen LogP contribution >= 0.6 is 11.6 Å². The molecule has 2 heterocycles. The number of nitrogens with zero attached hydrogens (tertiary/aromatic N) is 2. The first-order chi connectivity index (χ1) is 15.3. The molecule has 32 heavy (non-hydrogen) atoms. The van der Waals surface area contributed by atoms with Gasteiger partial charge < -0.3 is 9.64 Å². The summed E-state index contributed by atoms with van der Waals surface area (Å²) in [5.74, 6) is -0.572. The van der Waals surface area contributed by atoms with Crippen molar-refractivity contribution < 1.29 is 17.9 Å². The molecule has 1 saturated heterocycles. The molecule has 168 valence electrons. The van der Waals surface area contributed by atoms with E-state index in [2.05, 4.69) is 4.98 Å². The van der Waals surface area contributed by atoms with Gasteiger partial charge in [0, 0.05) is 29.7 Å². The Kier molecular flexibility index (Phi) is 6.40. The molecule has 0 amide bonds. The minimum Gasteiger partial charge on any atom is -0.466 e. The lowest BCUT2D eigenvalue weighted by Gasteiger charge is -2.35. The molecule has 1 aromatic heterocycles. The third kappa shape index (κ3) is 4.32. The van der Waals surface area contributed by atoms with Gasteiger partial charge in [0.15, 0.2) is 0 Å². The van der Waals surface area contributed by atoms with E-state index >= 15 is 0 Å². The molecule has 1 atom stereocenters. The van der Waals surface area contributed by atoms with Gasteiger partial charge in [-0.1, -0.05) is 29.3 Å². The van der Waals surface area contributed by atoms with E-state index in [4.69, 9.17) is 16.3 Å². The Labute approximate surface area is 193 Å². The van der Waals surface area contributed by atoms with E-state index in [1.54, 1.807) is 49.4 Å². The largest absolute Gasteiger partial charge is 0.466 e. The van der Waals surface area contributed by atoms with Crippen molar-refractivity contribution in [2.24, 2.45) is 5.92 Å². The van der Waals surface area contributed by atoms with Crippen molar-refractivity contribution in [2.75, 3.05) is 24.6 Å². The smallest absolute Gasteiger partial charge is 0.310 e. The number of aromatic nitrogens is 1. The third-order valence-electron chi connectivity index (χ3n) is 5.75. The predicted molar refractivity (Wildman–Crippen MR) is 125 cm³/mol. The summed E-state index contributed by atoms with van der Waals surface area (Å²) >= 11 is 6.28. The van der Waals surface area contributed by atoms with Crippen LogP contribution in [0.3, 0.4) is 0 Å². The maximum atomic E-state index is 13.7. The van der Waals surface area contributed by atoms with E-state index in [9.17, 15) is 13.2 Å². The summed E-state index contributed by atoms with van der Waals surface area (Å²) in [5, 5.41) is 1.14. The van der Waals surface area contributed by atoms with Crippen molar-refractivity contribution in [1.29, 1.82) is 0 Å². The standard InChI is InChI=1S/C24H25ClN2O4S/c1-3-31-24(28)17-5-4-12-27(15-17)23-20-13-18(25)8-11-21(20)26-14-22(23)32(29,30)19-9-6-16(2)7-10-19/h6-11,13-14,17H,3-5,12,15H2,1-2H3/t17-/m1/s1. The number of ether oxygens (including phenoxy) is 1. The van der Waals surface area contributed by atoms with Crippen molar-refractivity contribution in [2.45, 2.75) is 36.5 Å². The minimum absolute atomic E-state index is 0.112. The average Bonchev–Trinajstić information content (AvgIpc) is 2.78. The Morgan fingerprint density at radius 1 is 1.22 bits per heavy atom. The van der Waals surface area contributed by atoms with E-state index in [-0.39, 0.29) is 21.7 Å². The molecule has 0 radical (unpaired) electrons. The van der Waals surface area contributed by atoms with Crippen LogP contribution in [0.5, 0.6) is 0 Å². The highest BCUT2D eigenvalue weighted by atomic mass is 35.5. The first-order valence-electron chi connectivity index (χ1n) is 10.6. The molecule has 0 aliphatic carbocycles. The summed E-state index contributed by atoms with van der Waals surface area (Å²) in [4.78, 5) is 19.1. The highest BCUT2D eigenvalue weighted by Crippen LogP contribution is 2.38. The zero-order chi connectivity index (χ0) is 22.9. The molecule has 2 aromatic carbocycles. The van der Waals surface area contributed by atoms with Crippen molar-refractivity contribution in [3.63, 3.8) is 0 Å². The van der Waals surface area contributed by atoms with Crippen molar-refractivity contribution >= 4 is 44.0 Å². The number of esters is 1. The normalized spacial score (nSPS) is 16.8. The molecule has 0 N–H and O–H groups in total. The molecule has 0 bridgehead atoms. The average molecular weight is 473 g/mol. The Hall–Kier alpha value is -2.64. The van der Waals surface area contributed by atoms with E-state index in [0.29, 0.717) is 47.7 Å². The number of carbonyl (C=O) groups excluding carboxylic acids is 1. The number of rotatable bonds is 5. The van der Waals surface area contributed by atoms with E-state index < -0.39 is 9.84 Å². The molecule has 6 nitrogen and oxygen atoms in total. The second kappa shape index (κ2) is 9.08. The van der Waals surface area contributed by atoms with Gasteiger partial charge in [-0.2, -0.15) is 0 Å². The molecule has 0 saturated carbocycles. The SMILES string of the molecule is CCOC(=O)[C@@H]1CCCN(c2c(S(=O)(=O)c3ccc(C)cc3)cnc3ccc(Cl)cc23)C1. The number of carbonyl (C=O) groups is 1. The number of benzene rings is 2. The second-order valence-corrected chi connectivity index (χ2v) is 10.3. The highest BCUT2D eigenvalue weighted by Gasteiger charge is 2.32. The van der Waals surface area contributed by atoms with Gasteiger partial charge >= 0.3 is 5.97 Å². The lowest BCUT2D eigenvalue weighted by molar-refractivity contribution is -0.148. The molecule has 3 aromatic rings. The van der Waals surface area contributed by atoms with Crippen LogP contribution in [0.25, 0.3) is 10.9 Å². The summed E-state index contributed by atoms with van der Waals surface area (Å²) in [5.41, 5.74) is 2.15. The van der Waals surface area contributed by atoms with Crippen molar-refractivity contribution in [3.8, 4) is 0 Å². The monoisotopic (exact) mass is 472 g/mol. The molecule has 0 spiro atoms. The minimum atomic E-state index is -3.85. The van der Waals surface area contributed by atoms with Crippen LogP contribution in [0.4, 0.5) is 5.69 Å². The van der Waals surface area contributed by atoms with Gasteiger partial charge in [0.2, 0.25) is 9.84 Å². The summed E-state index contributed by atoms with van der Waals surface area (Å²) in [6, 6.07) is 12.0. The Balaban J connectivity index is 1.88. The number of piperidine rings is 1. The van der Waals surface area contributed by atoms with Gasteiger partial charge in [-0.25, -0.2) is 8.42 Å².